The highest BCUT2D eigenvalue weighted by Gasteiger charge is 2.69. The van der Waals surface area contributed by atoms with Crippen LogP contribution in [-0.2, 0) is 14.9 Å². The van der Waals surface area contributed by atoms with Crippen molar-refractivity contribution in [3.63, 3.8) is 0 Å². The van der Waals surface area contributed by atoms with E-state index in [1.165, 1.54) is 0 Å². The summed E-state index contributed by atoms with van der Waals surface area (Å²) in [4.78, 5) is 11.9. The Labute approximate surface area is 104 Å². The first-order valence-corrected chi connectivity index (χ1v) is 7.78. The van der Waals surface area contributed by atoms with Crippen molar-refractivity contribution in [1.82, 2.24) is 0 Å². The molecular weight excluding hydrogens is 296 g/mol. The van der Waals surface area contributed by atoms with Gasteiger partial charge in [0.05, 0.1) is 16.0 Å². The molecule has 1 unspecified atom stereocenters. The molecule has 2 fully saturated rings. The Bertz CT molecular complexity index is 442. The minimum atomic E-state index is -4.12. The zero-order chi connectivity index (χ0) is 12.4. The molecule has 2 bridgehead atoms. The average Bonchev–Trinajstić information content (AvgIpc) is 2.39. The lowest BCUT2D eigenvalue weighted by Gasteiger charge is -2.35. The molecule has 0 amide bonds. The molecule has 0 saturated heterocycles. The minimum Gasteiger partial charge on any atom is -0.298 e. The second-order valence-electron chi connectivity index (χ2n) is 5.44. The third-order valence-corrected chi connectivity index (χ3v) is 6.46. The van der Waals surface area contributed by atoms with Gasteiger partial charge in [-0.25, -0.2) is 0 Å². The van der Waals surface area contributed by atoms with Crippen molar-refractivity contribution in [2.75, 3.05) is 5.75 Å². The summed E-state index contributed by atoms with van der Waals surface area (Å²) < 4.78 is 31.2. The van der Waals surface area contributed by atoms with Crippen LogP contribution in [0.2, 0.25) is 0 Å². The quantitative estimate of drug-likeness (QED) is 0.622. The number of halogens is 1. The van der Waals surface area contributed by atoms with Crippen LogP contribution in [-0.4, -0.2) is 29.3 Å². The minimum absolute atomic E-state index is 0.0635. The molecule has 0 aromatic rings. The van der Waals surface area contributed by atoms with E-state index in [0.717, 1.165) is 6.42 Å². The van der Waals surface area contributed by atoms with Gasteiger partial charge in [0.1, 0.15) is 0 Å². The fourth-order valence-corrected chi connectivity index (χ4v) is 6.12. The number of ketones is 1. The molecule has 0 spiro atoms. The van der Waals surface area contributed by atoms with Gasteiger partial charge in [0.15, 0.2) is 5.78 Å². The molecule has 0 aliphatic heterocycles. The first-order valence-electron chi connectivity index (χ1n) is 5.25. The monoisotopic (exact) mass is 310 g/mol. The Balaban J connectivity index is 2.50. The number of rotatable bonds is 2. The second-order valence-corrected chi connectivity index (χ2v) is 7.88. The van der Waals surface area contributed by atoms with Crippen LogP contribution in [0.3, 0.4) is 0 Å². The zero-order valence-corrected chi connectivity index (χ0v) is 11.6. The van der Waals surface area contributed by atoms with Crippen molar-refractivity contribution in [2.24, 2.45) is 16.7 Å². The van der Waals surface area contributed by atoms with Gasteiger partial charge < -0.3 is 0 Å². The maximum Gasteiger partial charge on any atom is 0.265 e. The first kappa shape index (κ1) is 12.5. The lowest BCUT2D eigenvalue weighted by atomic mass is 9.70. The summed E-state index contributed by atoms with van der Waals surface area (Å²) in [6.45, 7) is 3.85. The molecule has 6 heteroatoms. The van der Waals surface area contributed by atoms with Gasteiger partial charge in [-0.05, 0) is 24.2 Å². The highest BCUT2D eigenvalue weighted by molar-refractivity contribution is 9.10. The van der Waals surface area contributed by atoms with Crippen LogP contribution in [0.4, 0.5) is 0 Å². The second kappa shape index (κ2) is 3.29. The molecule has 1 N–H and O–H groups in total. The van der Waals surface area contributed by atoms with Crippen LogP contribution in [0.15, 0.2) is 0 Å². The van der Waals surface area contributed by atoms with Crippen molar-refractivity contribution in [1.29, 1.82) is 0 Å². The van der Waals surface area contributed by atoms with Crippen LogP contribution < -0.4 is 0 Å². The Hall–Kier alpha value is 0.0600. The fourth-order valence-electron chi connectivity index (χ4n) is 3.48. The van der Waals surface area contributed by atoms with Crippen molar-refractivity contribution >= 4 is 31.8 Å². The fraction of sp³-hybridized carbons (Fsp3) is 0.900. The molecule has 2 aliphatic rings. The van der Waals surface area contributed by atoms with Crippen LogP contribution >= 0.6 is 15.9 Å². The molecule has 2 aliphatic carbocycles. The third kappa shape index (κ3) is 1.42. The lowest BCUT2D eigenvalue weighted by Crippen LogP contribution is -2.43. The van der Waals surface area contributed by atoms with Crippen molar-refractivity contribution < 1.29 is 17.8 Å². The van der Waals surface area contributed by atoms with E-state index in [2.05, 4.69) is 15.9 Å². The summed E-state index contributed by atoms with van der Waals surface area (Å²) >= 11 is 3.35. The highest BCUT2D eigenvalue weighted by Crippen LogP contribution is 2.65. The summed E-state index contributed by atoms with van der Waals surface area (Å²) in [6.07, 6.45) is 1.40. The van der Waals surface area contributed by atoms with Gasteiger partial charge in [0, 0.05) is 0 Å². The van der Waals surface area contributed by atoms with Crippen molar-refractivity contribution in [2.45, 2.75) is 31.5 Å². The number of fused-ring (bicyclic) bond motifs is 2. The largest absolute Gasteiger partial charge is 0.298 e. The van der Waals surface area contributed by atoms with E-state index in [-0.39, 0.29) is 21.9 Å². The predicted molar refractivity (Wildman–Crippen MR) is 63.1 cm³/mol. The summed E-state index contributed by atoms with van der Waals surface area (Å²) in [5.74, 6) is -0.335. The van der Waals surface area contributed by atoms with E-state index in [4.69, 9.17) is 4.55 Å². The SMILES string of the molecule is CC1(C)[C@@H]2CC[C@@]1(CS(=O)(=O)O)C(=O)C2Br. The number of hydrogen-bond acceptors (Lipinski definition) is 3. The molecule has 0 heterocycles. The highest BCUT2D eigenvalue weighted by atomic mass is 79.9. The van der Waals surface area contributed by atoms with Gasteiger partial charge in [0.25, 0.3) is 10.1 Å². The Morgan fingerprint density at radius 3 is 2.44 bits per heavy atom. The summed E-state index contributed by atoms with van der Waals surface area (Å²) in [6, 6.07) is 0. The maximum absolute atomic E-state index is 12.2. The Morgan fingerprint density at radius 1 is 1.50 bits per heavy atom. The van der Waals surface area contributed by atoms with Crippen molar-refractivity contribution in [3.8, 4) is 0 Å². The van der Waals surface area contributed by atoms with Gasteiger partial charge in [-0.3, -0.25) is 9.35 Å². The number of hydrogen-bond donors (Lipinski definition) is 1. The van der Waals surface area contributed by atoms with E-state index in [1.54, 1.807) is 0 Å². The topological polar surface area (TPSA) is 71.4 Å². The Kier molecular flexibility index (Phi) is 2.58. The number of carbonyl (C=O) groups is 1. The molecule has 0 aromatic heterocycles. The van der Waals surface area contributed by atoms with Gasteiger partial charge >= 0.3 is 0 Å². The first-order chi connectivity index (χ1) is 7.12. The summed E-state index contributed by atoms with van der Waals surface area (Å²) in [5.41, 5.74) is -1.27. The molecular formula is C10H15BrO4S. The van der Waals surface area contributed by atoms with Gasteiger partial charge in [0.2, 0.25) is 0 Å². The van der Waals surface area contributed by atoms with E-state index in [9.17, 15) is 13.2 Å². The normalized spacial score (nSPS) is 41.6. The molecule has 2 rings (SSSR count). The smallest absolute Gasteiger partial charge is 0.265 e. The number of carbonyl (C=O) groups excluding carboxylic acids is 1. The molecule has 2 saturated carbocycles. The van der Waals surface area contributed by atoms with E-state index in [1.807, 2.05) is 13.8 Å². The van der Waals surface area contributed by atoms with Gasteiger partial charge in [-0.15, -0.1) is 0 Å². The maximum atomic E-state index is 12.2. The van der Waals surface area contributed by atoms with E-state index < -0.39 is 21.3 Å². The van der Waals surface area contributed by atoms with Crippen molar-refractivity contribution in [3.05, 3.63) is 0 Å². The predicted octanol–water partition coefficient (Wildman–Crippen LogP) is 1.64. The number of Topliss-reactive ketones (excluding diaryl/α,β-unsaturated/α-hetero) is 1. The molecule has 0 radical (unpaired) electrons. The summed E-state index contributed by atoms with van der Waals surface area (Å²) in [5, 5.41) is 0. The van der Waals surface area contributed by atoms with Gasteiger partial charge in [-0.2, -0.15) is 8.42 Å². The average molecular weight is 311 g/mol. The van der Waals surface area contributed by atoms with Crippen LogP contribution in [0.25, 0.3) is 0 Å². The summed E-state index contributed by atoms with van der Waals surface area (Å²) in [7, 11) is -4.12. The van der Waals surface area contributed by atoms with Crippen LogP contribution in [0.5, 0.6) is 0 Å². The third-order valence-electron chi connectivity index (χ3n) is 4.55. The molecule has 3 atom stereocenters. The molecule has 4 nitrogen and oxygen atoms in total. The zero-order valence-electron chi connectivity index (χ0n) is 9.23. The van der Waals surface area contributed by atoms with E-state index in [0.29, 0.717) is 6.42 Å². The Morgan fingerprint density at radius 2 is 2.06 bits per heavy atom. The van der Waals surface area contributed by atoms with Crippen LogP contribution in [0, 0.1) is 16.7 Å². The van der Waals surface area contributed by atoms with Gasteiger partial charge in [-0.1, -0.05) is 29.8 Å². The van der Waals surface area contributed by atoms with E-state index >= 15 is 0 Å². The van der Waals surface area contributed by atoms with Crippen LogP contribution in [0.1, 0.15) is 26.7 Å². The standard InChI is InChI=1S/C10H15BrO4S/c1-9(2)6-3-4-10(9,5-16(13,14)15)8(12)7(6)11/h6-7H,3-5H2,1-2H3,(H,13,14,15)/t6-,7?,10-/m1/s1. The molecule has 0 aromatic carbocycles. The molecule has 92 valence electrons. The number of alkyl halides is 1. The lowest BCUT2D eigenvalue weighted by molar-refractivity contribution is -0.127. The molecule has 16 heavy (non-hydrogen) atoms.